The summed E-state index contributed by atoms with van der Waals surface area (Å²) in [5.74, 6) is 0. The minimum absolute atomic E-state index is 0.345. The molecule has 1 rings (SSSR count). The normalized spacial score (nSPS) is 25.1. The molecule has 0 saturated carbocycles. The van der Waals surface area contributed by atoms with Crippen LogP contribution in [0.25, 0.3) is 0 Å². The molecule has 1 saturated heterocycles. The van der Waals surface area contributed by atoms with Crippen molar-refractivity contribution in [3.8, 4) is 0 Å². The predicted octanol–water partition coefficient (Wildman–Crippen LogP) is -0.0725. The SMILES string of the molecule is O=[PH]1OCNCO1. The van der Waals surface area contributed by atoms with Gasteiger partial charge >= 0.3 is 8.25 Å². The Morgan fingerprint density at radius 1 is 1.43 bits per heavy atom. The molecule has 5 heteroatoms. The van der Waals surface area contributed by atoms with E-state index in [4.69, 9.17) is 0 Å². The summed E-state index contributed by atoms with van der Waals surface area (Å²) in [5, 5.41) is 2.70. The average Bonchev–Trinajstić information content (AvgIpc) is 1.69. The van der Waals surface area contributed by atoms with Gasteiger partial charge in [0.25, 0.3) is 0 Å². The fourth-order valence-electron chi connectivity index (χ4n) is 0.303. The Labute approximate surface area is 41.8 Å². The van der Waals surface area contributed by atoms with Crippen molar-refractivity contribution >= 4 is 8.25 Å². The zero-order valence-electron chi connectivity index (χ0n) is 3.64. The second kappa shape index (κ2) is 2.43. The molecule has 7 heavy (non-hydrogen) atoms. The van der Waals surface area contributed by atoms with Crippen LogP contribution in [0.1, 0.15) is 0 Å². The van der Waals surface area contributed by atoms with E-state index in [0.717, 1.165) is 0 Å². The van der Waals surface area contributed by atoms with Gasteiger partial charge in [0.05, 0.1) is 0 Å². The molecule has 0 aliphatic carbocycles. The molecule has 1 N–H and O–H groups in total. The zero-order valence-corrected chi connectivity index (χ0v) is 4.64. The van der Waals surface area contributed by atoms with Crippen molar-refractivity contribution in [1.82, 2.24) is 5.32 Å². The first-order valence-corrected chi connectivity index (χ1v) is 3.12. The van der Waals surface area contributed by atoms with Crippen LogP contribution in [0.15, 0.2) is 0 Å². The van der Waals surface area contributed by atoms with Crippen LogP contribution in [-0.4, -0.2) is 13.5 Å². The van der Waals surface area contributed by atoms with Crippen molar-refractivity contribution < 1.29 is 13.6 Å². The topological polar surface area (TPSA) is 47.6 Å². The van der Waals surface area contributed by atoms with Crippen LogP contribution in [-0.2, 0) is 13.6 Å². The molecule has 0 spiro atoms. The Morgan fingerprint density at radius 2 is 2.00 bits per heavy atom. The van der Waals surface area contributed by atoms with E-state index in [-0.39, 0.29) is 0 Å². The third-order valence-corrected chi connectivity index (χ3v) is 1.34. The fourth-order valence-corrected chi connectivity index (χ4v) is 0.826. The van der Waals surface area contributed by atoms with Gasteiger partial charge in [0, 0.05) is 0 Å². The Bertz CT molecular complexity index is 77.0. The summed E-state index contributed by atoms with van der Waals surface area (Å²) >= 11 is 0. The standard InChI is InChI=1S/C2H6NO3P/c4-7-5-1-3-2-6-7/h3,7H,1-2H2. The Hall–Kier alpha value is 0.110. The van der Waals surface area contributed by atoms with E-state index in [0.29, 0.717) is 13.5 Å². The highest BCUT2D eigenvalue weighted by atomic mass is 31.1. The monoisotopic (exact) mass is 123 g/mol. The lowest BCUT2D eigenvalue weighted by atomic mass is 11.1. The molecule has 0 unspecified atom stereocenters. The molecule has 0 aromatic carbocycles. The third-order valence-electron chi connectivity index (χ3n) is 0.584. The van der Waals surface area contributed by atoms with Gasteiger partial charge in [0.15, 0.2) is 0 Å². The molecule has 1 fully saturated rings. The van der Waals surface area contributed by atoms with Gasteiger partial charge in [-0.15, -0.1) is 0 Å². The van der Waals surface area contributed by atoms with Crippen molar-refractivity contribution in [2.24, 2.45) is 0 Å². The van der Waals surface area contributed by atoms with Crippen LogP contribution in [0.2, 0.25) is 0 Å². The van der Waals surface area contributed by atoms with E-state index in [1.807, 2.05) is 0 Å². The van der Waals surface area contributed by atoms with Crippen molar-refractivity contribution in [3.05, 3.63) is 0 Å². The Morgan fingerprint density at radius 3 is 2.29 bits per heavy atom. The van der Waals surface area contributed by atoms with E-state index < -0.39 is 8.25 Å². The van der Waals surface area contributed by atoms with E-state index in [9.17, 15) is 4.57 Å². The lowest BCUT2D eigenvalue weighted by Crippen LogP contribution is -2.22. The highest BCUT2D eigenvalue weighted by Crippen LogP contribution is 2.23. The molecule has 42 valence electrons. The van der Waals surface area contributed by atoms with Crippen LogP contribution in [0.4, 0.5) is 0 Å². The van der Waals surface area contributed by atoms with E-state index >= 15 is 0 Å². The zero-order chi connectivity index (χ0) is 5.11. The predicted molar refractivity (Wildman–Crippen MR) is 24.0 cm³/mol. The molecule has 0 amide bonds. The number of hydrogen-bond acceptors (Lipinski definition) is 4. The lowest BCUT2D eigenvalue weighted by molar-refractivity contribution is 0.136. The summed E-state index contributed by atoms with van der Waals surface area (Å²) in [7, 11) is -2.11. The van der Waals surface area contributed by atoms with Crippen LogP contribution in [0.5, 0.6) is 0 Å². The molecule has 4 nitrogen and oxygen atoms in total. The lowest BCUT2D eigenvalue weighted by Gasteiger charge is -2.11. The second-order valence-corrected chi connectivity index (χ2v) is 2.15. The highest BCUT2D eigenvalue weighted by Gasteiger charge is 2.02. The van der Waals surface area contributed by atoms with Gasteiger partial charge < -0.3 is 0 Å². The molecule has 0 atom stereocenters. The molecule has 1 heterocycles. The molecule has 1 aliphatic rings. The Balaban J connectivity index is 2.25. The minimum atomic E-state index is -2.11. The molecule has 0 bridgehead atoms. The van der Waals surface area contributed by atoms with Crippen LogP contribution >= 0.6 is 8.25 Å². The van der Waals surface area contributed by atoms with Gasteiger partial charge in [-0.3, -0.25) is 18.9 Å². The quantitative estimate of drug-likeness (QED) is 0.458. The summed E-state index contributed by atoms with van der Waals surface area (Å²) in [6.07, 6.45) is 0. The van der Waals surface area contributed by atoms with Crippen LogP contribution in [0, 0.1) is 0 Å². The van der Waals surface area contributed by atoms with Crippen molar-refractivity contribution in [3.63, 3.8) is 0 Å². The van der Waals surface area contributed by atoms with E-state index in [2.05, 4.69) is 14.4 Å². The molecular weight excluding hydrogens is 117 g/mol. The van der Waals surface area contributed by atoms with E-state index in [1.54, 1.807) is 0 Å². The van der Waals surface area contributed by atoms with Crippen LogP contribution < -0.4 is 5.32 Å². The summed E-state index contributed by atoms with van der Waals surface area (Å²) in [6, 6.07) is 0. The average molecular weight is 123 g/mol. The van der Waals surface area contributed by atoms with Gasteiger partial charge in [-0.25, -0.2) is 0 Å². The Kier molecular flexibility index (Phi) is 1.82. The maximum absolute atomic E-state index is 10.2. The molecule has 0 aromatic rings. The first-order valence-electron chi connectivity index (χ1n) is 1.90. The summed E-state index contributed by atoms with van der Waals surface area (Å²) in [4.78, 5) is 0. The van der Waals surface area contributed by atoms with Crippen molar-refractivity contribution in [2.45, 2.75) is 0 Å². The summed E-state index contributed by atoms with van der Waals surface area (Å²) in [5.41, 5.74) is 0. The molecule has 0 aromatic heterocycles. The largest absolute Gasteiger partial charge is 0.321 e. The van der Waals surface area contributed by atoms with Gasteiger partial charge in [0.1, 0.15) is 13.5 Å². The highest BCUT2D eigenvalue weighted by molar-refractivity contribution is 7.33. The van der Waals surface area contributed by atoms with Crippen molar-refractivity contribution in [1.29, 1.82) is 0 Å². The van der Waals surface area contributed by atoms with Gasteiger partial charge in [-0.05, 0) is 0 Å². The first kappa shape index (κ1) is 5.25. The molecule has 1 aliphatic heterocycles. The second-order valence-electron chi connectivity index (χ2n) is 1.08. The third kappa shape index (κ3) is 1.57. The van der Waals surface area contributed by atoms with Crippen LogP contribution in [0.3, 0.4) is 0 Å². The smallest absolute Gasteiger partial charge is 0.295 e. The number of hydrogen-bond donors (Lipinski definition) is 1. The van der Waals surface area contributed by atoms with E-state index in [1.165, 1.54) is 0 Å². The number of nitrogens with one attached hydrogen (secondary N) is 1. The van der Waals surface area contributed by atoms with Crippen molar-refractivity contribution in [2.75, 3.05) is 13.5 Å². The van der Waals surface area contributed by atoms with Gasteiger partial charge in [0.2, 0.25) is 0 Å². The maximum Gasteiger partial charge on any atom is 0.321 e. The minimum Gasteiger partial charge on any atom is -0.295 e. The van der Waals surface area contributed by atoms with Gasteiger partial charge in [-0.1, -0.05) is 0 Å². The summed E-state index contributed by atoms with van der Waals surface area (Å²) in [6.45, 7) is 0.690. The molecule has 0 radical (unpaired) electrons. The first-order chi connectivity index (χ1) is 3.39. The fraction of sp³-hybridized carbons (Fsp3) is 1.00. The summed E-state index contributed by atoms with van der Waals surface area (Å²) < 4.78 is 19.1. The number of rotatable bonds is 0. The van der Waals surface area contributed by atoms with Gasteiger partial charge in [-0.2, -0.15) is 0 Å². The molecular formula is C2H6NO3P. The maximum atomic E-state index is 10.2.